The number of nitrogens with one attached hydrogen (secondary N) is 1. The number of carbonyl (C=O) groups excluding carboxylic acids is 1. The van der Waals surface area contributed by atoms with E-state index < -0.39 is 17.5 Å². The Morgan fingerprint density at radius 2 is 2.11 bits per heavy atom. The SMILES string of the molecule is CC(C)(C)OC(=O)NCCOc1c(F)cccc1Br. The number of halogens is 2. The maximum absolute atomic E-state index is 13.4. The number of hydrogen-bond donors (Lipinski definition) is 1. The summed E-state index contributed by atoms with van der Waals surface area (Å²) in [5.74, 6) is -0.319. The van der Waals surface area contributed by atoms with E-state index in [0.29, 0.717) is 4.47 Å². The molecule has 106 valence electrons. The standard InChI is InChI=1S/C13H17BrFNO3/c1-13(2,3)19-12(17)16-7-8-18-11-9(14)5-4-6-10(11)15/h4-6H,7-8H2,1-3H3,(H,16,17). The van der Waals surface area contributed by atoms with Crippen LogP contribution in [-0.4, -0.2) is 24.8 Å². The van der Waals surface area contributed by atoms with Crippen molar-refractivity contribution in [1.29, 1.82) is 0 Å². The number of rotatable bonds is 4. The van der Waals surface area contributed by atoms with Gasteiger partial charge in [-0.05, 0) is 48.8 Å². The van der Waals surface area contributed by atoms with Crippen LogP contribution >= 0.6 is 15.9 Å². The van der Waals surface area contributed by atoms with Crippen LogP contribution in [0.2, 0.25) is 0 Å². The van der Waals surface area contributed by atoms with Gasteiger partial charge in [-0.2, -0.15) is 0 Å². The number of amides is 1. The van der Waals surface area contributed by atoms with Crippen molar-refractivity contribution in [3.63, 3.8) is 0 Å². The summed E-state index contributed by atoms with van der Waals surface area (Å²) in [6, 6.07) is 4.56. The molecule has 0 atom stereocenters. The molecule has 0 bridgehead atoms. The molecule has 0 unspecified atom stereocenters. The molecule has 0 aromatic heterocycles. The first-order valence-electron chi connectivity index (χ1n) is 5.83. The third kappa shape index (κ3) is 5.92. The minimum Gasteiger partial charge on any atom is -0.487 e. The van der Waals surface area contributed by atoms with Gasteiger partial charge in [-0.25, -0.2) is 9.18 Å². The lowest BCUT2D eigenvalue weighted by Gasteiger charge is -2.19. The maximum Gasteiger partial charge on any atom is 0.407 e. The molecule has 19 heavy (non-hydrogen) atoms. The molecular weight excluding hydrogens is 317 g/mol. The summed E-state index contributed by atoms with van der Waals surface area (Å²) in [5.41, 5.74) is -0.542. The second-order valence-corrected chi connectivity index (χ2v) is 5.68. The zero-order valence-electron chi connectivity index (χ0n) is 11.1. The summed E-state index contributed by atoms with van der Waals surface area (Å²) < 4.78 is 24.2. The Labute approximate surface area is 120 Å². The molecule has 0 saturated heterocycles. The number of carbonyl (C=O) groups is 1. The maximum atomic E-state index is 13.4. The van der Waals surface area contributed by atoms with Gasteiger partial charge < -0.3 is 14.8 Å². The molecule has 1 aromatic carbocycles. The fraction of sp³-hybridized carbons (Fsp3) is 0.462. The van der Waals surface area contributed by atoms with Gasteiger partial charge in [0.1, 0.15) is 12.2 Å². The third-order valence-electron chi connectivity index (χ3n) is 1.94. The fourth-order valence-corrected chi connectivity index (χ4v) is 1.70. The van der Waals surface area contributed by atoms with Gasteiger partial charge in [0.05, 0.1) is 11.0 Å². The summed E-state index contributed by atoms with van der Waals surface area (Å²) in [6.45, 7) is 5.72. The molecule has 1 amide bonds. The van der Waals surface area contributed by atoms with Crippen molar-refractivity contribution in [2.75, 3.05) is 13.2 Å². The van der Waals surface area contributed by atoms with Crippen LogP contribution in [-0.2, 0) is 4.74 Å². The summed E-state index contributed by atoms with van der Waals surface area (Å²) in [5, 5.41) is 2.52. The van der Waals surface area contributed by atoms with E-state index in [0.717, 1.165) is 0 Å². The summed E-state index contributed by atoms with van der Waals surface area (Å²) in [6.07, 6.45) is -0.524. The average molecular weight is 334 g/mol. The van der Waals surface area contributed by atoms with Crippen molar-refractivity contribution < 1.29 is 18.7 Å². The molecule has 0 heterocycles. The van der Waals surface area contributed by atoms with E-state index >= 15 is 0 Å². The monoisotopic (exact) mass is 333 g/mol. The topological polar surface area (TPSA) is 47.6 Å². The average Bonchev–Trinajstić information content (AvgIpc) is 2.25. The van der Waals surface area contributed by atoms with Gasteiger partial charge in [-0.15, -0.1) is 0 Å². The van der Waals surface area contributed by atoms with Gasteiger partial charge >= 0.3 is 6.09 Å². The van der Waals surface area contributed by atoms with Crippen molar-refractivity contribution in [3.8, 4) is 5.75 Å². The number of hydrogen-bond acceptors (Lipinski definition) is 3. The van der Waals surface area contributed by atoms with Gasteiger partial charge in [0.15, 0.2) is 11.6 Å². The molecule has 1 rings (SSSR count). The van der Waals surface area contributed by atoms with Crippen molar-refractivity contribution in [1.82, 2.24) is 5.32 Å². The Hall–Kier alpha value is -1.30. The molecule has 0 aliphatic rings. The Morgan fingerprint density at radius 3 is 2.68 bits per heavy atom. The summed E-state index contributed by atoms with van der Waals surface area (Å²) in [7, 11) is 0. The summed E-state index contributed by atoms with van der Waals surface area (Å²) in [4.78, 5) is 11.3. The molecule has 6 heteroatoms. The minimum atomic E-state index is -0.542. The van der Waals surface area contributed by atoms with Crippen LogP contribution in [0.3, 0.4) is 0 Å². The van der Waals surface area contributed by atoms with E-state index in [1.165, 1.54) is 6.07 Å². The fourth-order valence-electron chi connectivity index (χ4n) is 1.24. The van der Waals surface area contributed by atoms with E-state index in [9.17, 15) is 9.18 Å². The van der Waals surface area contributed by atoms with Crippen LogP contribution < -0.4 is 10.1 Å². The zero-order chi connectivity index (χ0) is 14.5. The molecular formula is C13H17BrFNO3. The van der Waals surface area contributed by atoms with E-state index in [2.05, 4.69) is 21.2 Å². The van der Waals surface area contributed by atoms with Crippen LogP contribution in [0.25, 0.3) is 0 Å². The largest absolute Gasteiger partial charge is 0.487 e. The number of ether oxygens (including phenoxy) is 2. The molecule has 1 N–H and O–H groups in total. The van der Waals surface area contributed by atoms with Crippen LogP contribution in [0.15, 0.2) is 22.7 Å². The van der Waals surface area contributed by atoms with Gasteiger partial charge in [-0.3, -0.25) is 0 Å². The van der Waals surface area contributed by atoms with E-state index in [1.54, 1.807) is 32.9 Å². The van der Waals surface area contributed by atoms with Crippen LogP contribution in [0.4, 0.5) is 9.18 Å². The first-order valence-corrected chi connectivity index (χ1v) is 6.62. The number of para-hydroxylation sites is 1. The molecule has 1 aromatic rings. The van der Waals surface area contributed by atoms with Crippen LogP contribution in [0, 0.1) is 5.82 Å². The van der Waals surface area contributed by atoms with Crippen molar-refractivity contribution in [2.24, 2.45) is 0 Å². The Kier molecular flexibility index (Phi) is 5.60. The van der Waals surface area contributed by atoms with Crippen LogP contribution in [0.5, 0.6) is 5.75 Å². The highest BCUT2D eigenvalue weighted by Crippen LogP contribution is 2.27. The first kappa shape index (κ1) is 15.8. The Bertz CT molecular complexity index is 426. The lowest BCUT2D eigenvalue weighted by Crippen LogP contribution is -2.34. The molecule has 0 aliphatic carbocycles. The van der Waals surface area contributed by atoms with E-state index in [-0.39, 0.29) is 18.9 Å². The lowest BCUT2D eigenvalue weighted by molar-refractivity contribution is 0.0520. The van der Waals surface area contributed by atoms with Crippen LogP contribution in [0.1, 0.15) is 20.8 Å². The molecule has 0 saturated carbocycles. The normalized spacial score (nSPS) is 11.0. The molecule has 0 spiro atoms. The Morgan fingerprint density at radius 1 is 1.42 bits per heavy atom. The Balaban J connectivity index is 2.34. The first-order chi connectivity index (χ1) is 8.79. The van der Waals surface area contributed by atoms with Gasteiger partial charge in [0, 0.05) is 0 Å². The molecule has 0 fully saturated rings. The predicted molar refractivity (Wildman–Crippen MR) is 73.8 cm³/mol. The zero-order valence-corrected chi connectivity index (χ0v) is 12.7. The second-order valence-electron chi connectivity index (χ2n) is 4.83. The van der Waals surface area contributed by atoms with Crippen molar-refractivity contribution in [3.05, 3.63) is 28.5 Å². The van der Waals surface area contributed by atoms with Crippen molar-refractivity contribution in [2.45, 2.75) is 26.4 Å². The van der Waals surface area contributed by atoms with Gasteiger partial charge in [0.2, 0.25) is 0 Å². The summed E-state index contributed by atoms with van der Waals surface area (Å²) >= 11 is 3.19. The minimum absolute atomic E-state index is 0.133. The lowest BCUT2D eigenvalue weighted by atomic mass is 10.2. The highest BCUT2D eigenvalue weighted by atomic mass is 79.9. The molecule has 0 aliphatic heterocycles. The number of benzene rings is 1. The highest BCUT2D eigenvalue weighted by molar-refractivity contribution is 9.10. The molecule has 4 nitrogen and oxygen atoms in total. The number of alkyl carbamates (subject to hydrolysis) is 1. The van der Waals surface area contributed by atoms with Gasteiger partial charge in [-0.1, -0.05) is 6.07 Å². The highest BCUT2D eigenvalue weighted by Gasteiger charge is 2.15. The van der Waals surface area contributed by atoms with Crippen molar-refractivity contribution >= 4 is 22.0 Å². The molecule has 0 radical (unpaired) electrons. The van der Waals surface area contributed by atoms with E-state index in [1.807, 2.05) is 0 Å². The van der Waals surface area contributed by atoms with E-state index in [4.69, 9.17) is 9.47 Å². The predicted octanol–water partition coefficient (Wildman–Crippen LogP) is 3.49. The second kappa shape index (κ2) is 6.75. The quantitative estimate of drug-likeness (QED) is 0.858. The smallest absolute Gasteiger partial charge is 0.407 e. The van der Waals surface area contributed by atoms with Gasteiger partial charge in [0.25, 0.3) is 0 Å². The third-order valence-corrected chi connectivity index (χ3v) is 2.56.